The van der Waals surface area contributed by atoms with E-state index in [1.54, 1.807) is 6.07 Å². The highest BCUT2D eigenvalue weighted by atomic mass is 35.5. The monoisotopic (exact) mass is 451 g/mol. The second-order valence-electron chi connectivity index (χ2n) is 7.69. The van der Waals surface area contributed by atoms with E-state index >= 15 is 0 Å². The van der Waals surface area contributed by atoms with E-state index in [1.807, 2.05) is 39.0 Å². The number of carbonyl (C=O) groups is 1. The Kier molecular flexibility index (Phi) is 8.85. The quantitative estimate of drug-likeness (QED) is 0.506. The van der Waals surface area contributed by atoms with Gasteiger partial charge in [0.2, 0.25) is 5.91 Å². The molecule has 1 amide bonds. The lowest BCUT2D eigenvalue weighted by molar-refractivity contribution is -0.118. The van der Waals surface area contributed by atoms with Crippen molar-refractivity contribution in [3.05, 3.63) is 55.7 Å². The molecular weight excluding hydrogens is 422 g/mol. The SMILES string of the molecule is COCCN(C(=O)CNC(C)c1cccc(Cl)c1)c1c(N)n(CC(C)C)c(=O)[nH]c1=O. The van der Waals surface area contributed by atoms with Crippen molar-refractivity contribution < 1.29 is 9.53 Å². The summed E-state index contributed by atoms with van der Waals surface area (Å²) in [6.07, 6.45) is 0. The van der Waals surface area contributed by atoms with E-state index in [0.717, 1.165) is 5.56 Å². The predicted molar refractivity (Wildman–Crippen MR) is 123 cm³/mol. The number of halogens is 1. The van der Waals surface area contributed by atoms with Crippen molar-refractivity contribution in [2.45, 2.75) is 33.4 Å². The van der Waals surface area contributed by atoms with Crippen LogP contribution in [0.25, 0.3) is 0 Å². The number of nitrogen functional groups attached to an aromatic ring is 1. The second kappa shape index (κ2) is 11.1. The summed E-state index contributed by atoms with van der Waals surface area (Å²) in [5.41, 5.74) is 5.73. The maximum absolute atomic E-state index is 13.1. The number of hydrogen-bond donors (Lipinski definition) is 3. The number of anilines is 2. The van der Waals surface area contributed by atoms with E-state index in [1.165, 1.54) is 16.6 Å². The molecule has 0 saturated carbocycles. The third kappa shape index (κ3) is 6.43. The van der Waals surface area contributed by atoms with Gasteiger partial charge >= 0.3 is 5.69 Å². The topological polar surface area (TPSA) is 122 Å². The third-order valence-electron chi connectivity index (χ3n) is 4.76. The van der Waals surface area contributed by atoms with Crippen LogP contribution >= 0.6 is 11.6 Å². The third-order valence-corrected chi connectivity index (χ3v) is 5.00. The molecule has 1 aromatic carbocycles. The zero-order chi connectivity index (χ0) is 23.1. The molecule has 1 atom stereocenters. The summed E-state index contributed by atoms with van der Waals surface area (Å²) in [6.45, 7) is 6.30. The molecule has 0 aliphatic rings. The number of aromatic amines is 1. The standard InChI is InChI=1S/C21H30ClN5O4/c1-13(2)12-27-19(23)18(20(29)25-21(27)30)26(8-9-31-4)17(28)11-24-14(3)15-6-5-7-16(22)10-15/h5-7,10,13-14,24H,8-9,11-12,23H2,1-4H3,(H,25,29,30). The molecule has 0 aliphatic carbocycles. The number of rotatable bonds is 10. The van der Waals surface area contributed by atoms with Crippen LogP contribution in [-0.4, -0.2) is 42.3 Å². The first-order valence-electron chi connectivity index (χ1n) is 10.1. The second-order valence-corrected chi connectivity index (χ2v) is 8.13. The van der Waals surface area contributed by atoms with Crippen LogP contribution in [0.15, 0.2) is 33.9 Å². The first-order valence-corrected chi connectivity index (χ1v) is 10.4. The molecule has 1 heterocycles. The number of methoxy groups -OCH3 is 1. The summed E-state index contributed by atoms with van der Waals surface area (Å²) < 4.78 is 6.37. The van der Waals surface area contributed by atoms with E-state index in [4.69, 9.17) is 22.1 Å². The minimum absolute atomic E-state index is 0.0465. The van der Waals surface area contributed by atoms with E-state index in [9.17, 15) is 14.4 Å². The highest BCUT2D eigenvalue weighted by Crippen LogP contribution is 2.19. The molecule has 4 N–H and O–H groups in total. The highest BCUT2D eigenvalue weighted by molar-refractivity contribution is 6.30. The van der Waals surface area contributed by atoms with Gasteiger partial charge in [-0.1, -0.05) is 37.6 Å². The fraction of sp³-hybridized carbons (Fsp3) is 0.476. The zero-order valence-corrected chi connectivity index (χ0v) is 19.0. The van der Waals surface area contributed by atoms with E-state index in [0.29, 0.717) is 11.6 Å². The van der Waals surface area contributed by atoms with Crippen molar-refractivity contribution >= 4 is 29.0 Å². The number of amides is 1. The maximum atomic E-state index is 13.1. The minimum Gasteiger partial charge on any atom is -0.383 e. The van der Waals surface area contributed by atoms with Crippen molar-refractivity contribution in [3.8, 4) is 0 Å². The number of hydrogen-bond acceptors (Lipinski definition) is 6. The van der Waals surface area contributed by atoms with Crippen LogP contribution in [0, 0.1) is 5.92 Å². The van der Waals surface area contributed by atoms with Gasteiger partial charge in [-0.25, -0.2) is 4.79 Å². The minimum atomic E-state index is -0.713. The number of aromatic nitrogens is 2. The Morgan fingerprint density at radius 2 is 2.03 bits per heavy atom. The molecular formula is C21H30ClN5O4. The van der Waals surface area contributed by atoms with Gasteiger partial charge in [0.25, 0.3) is 5.56 Å². The number of nitrogens with two attached hydrogens (primary N) is 1. The van der Waals surface area contributed by atoms with Crippen LogP contribution in [0.3, 0.4) is 0 Å². The molecule has 2 rings (SSSR count). The van der Waals surface area contributed by atoms with Gasteiger partial charge in [0.15, 0.2) is 5.69 Å². The van der Waals surface area contributed by atoms with E-state index < -0.39 is 11.2 Å². The Labute approximate surface area is 186 Å². The molecule has 1 unspecified atom stereocenters. The van der Waals surface area contributed by atoms with Crippen LogP contribution in [0.4, 0.5) is 11.5 Å². The van der Waals surface area contributed by atoms with Gasteiger partial charge in [0, 0.05) is 31.3 Å². The number of nitrogens with one attached hydrogen (secondary N) is 2. The molecule has 170 valence electrons. The first kappa shape index (κ1) is 24.6. The molecule has 0 aliphatic heterocycles. The Hall–Kier alpha value is -2.62. The Morgan fingerprint density at radius 3 is 2.65 bits per heavy atom. The lowest BCUT2D eigenvalue weighted by Crippen LogP contribution is -2.46. The van der Waals surface area contributed by atoms with Gasteiger partial charge in [-0.15, -0.1) is 0 Å². The summed E-state index contributed by atoms with van der Waals surface area (Å²) in [7, 11) is 1.50. The Morgan fingerprint density at radius 1 is 1.32 bits per heavy atom. The van der Waals surface area contributed by atoms with Crippen LogP contribution in [0.1, 0.15) is 32.4 Å². The van der Waals surface area contributed by atoms with Crippen molar-refractivity contribution in [1.29, 1.82) is 0 Å². The van der Waals surface area contributed by atoms with Gasteiger partial charge in [-0.3, -0.25) is 19.1 Å². The predicted octanol–water partition coefficient (Wildman–Crippen LogP) is 1.76. The fourth-order valence-electron chi connectivity index (χ4n) is 3.16. The lowest BCUT2D eigenvalue weighted by atomic mass is 10.1. The number of benzene rings is 1. The smallest absolute Gasteiger partial charge is 0.330 e. The van der Waals surface area contributed by atoms with E-state index in [-0.39, 0.29) is 49.1 Å². The molecule has 31 heavy (non-hydrogen) atoms. The summed E-state index contributed by atoms with van der Waals surface area (Å²) in [5, 5.41) is 3.74. The molecule has 0 fully saturated rings. The van der Waals surface area contributed by atoms with Crippen molar-refractivity contribution in [1.82, 2.24) is 14.9 Å². The van der Waals surface area contributed by atoms with Gasteiger partial charge in [0.1, 0.15) is 5.82 Å². The van der Waals surface area contributed by atoms with Gasteiger partial charge < -0.3 is 20.7 Å². The molecule has 9 nitrogen and oxygen atoms in total. The Balaban J connectivity index is 2.31. The summed E-state index contributed by atoms with van der Waals surface area (Å²) >= 11 is 6.04. The van der Waals surface area contributed by atoms with Crippen molar-refractivity contribution in [3.63, 3.8) is 0 Å². The number of carbonyl (C=O) groups excluding carboxylic acids is 1. The number of nitrogens with zero attached hydrogens (tertiary/aromatic N) is 2. The molecule has 10 heteroatoms. The zero-order valence-electron chi connectivity index (χ0n) is 18.3. The first-order chi connectivity index (χ1) is 14.6. The van der Waals surface area contributed by atoms with Crippen LogP contribution in [0.2, 0.25) is 5.02 Å². The fourth-order valence-corrected chi connectivity index (χ4v) is 3.36. The summed E-state index contributed by atoms with van der Waals surface area (Å²) in [5.74, 6) is -0.310. The van der Waals surface area contributed by atoms with E-state index in [2.05, 4.69) is 10.3 Å². The molecule has 0 radical (unpaired) electrons. The van der Waals surface area contributed by atoms with Gasteiger partial charge in [-0.05, 0) is 30.5 Å². The molecule has 1 aromatic heterocycles. The maximum Gasteiger partial charge on any atom is 0.330 e. The lowest BCUT2D eigenvalue weighted by Gasteiger charge is -2.25. The van der Waals surface area contributed by atoms with Gasteiger partial charge in [0.05, 0.1) is 13.2 Å². The van der Waals surface area contributed by atoms with Crippen molar-refractivity contribution in [2.24, 2.45) is 5.92 Å². The van der Waals surface area contributed by atoms with Crippen LogP contribution < -0.4 is 27.2 Å². The Bertz CT molecular complexity index is 1020. The molecule has 0 bridgehead atoms. The average Bonchev–Trinajstić information content (AvgIpc) is 2.71. The summed E-state index contributed by atoms with van der Waals surface area (Å²) in [4.78, 5) is 41.4. The highest BCUT2D eigenvalue weighted by Gasteiger charge is 2.24. The average molecular weight is 452 g/mol. The summed E-state index contributed by atoms with van der Waals surface area (Å²) in [6, 6.07) is 7.17. The van der Waals surface area contributed by atoms with Crippen molar-refractivity contribution in [2.75, 3.05) is 37.4 Å². The largest absolute Gasteiger partial charge is 0.383 e. The van der Waals surface area contributed by atoms with Gasteiger partial charge in [-0.2, -0.15) is 0 Å². The number of ether oxygens (including phenoxy) is 1. The number of H-pyrrole nitrogens is 1. The molecule has 0 saturated heterocycles. The molecule has 2 aromatic rings. The van der Waals surface area contributed by atoms with Crippen LogP contribution in [0.5, 0.6) is 0 Å². The normalized spacial score (nSPS) is 12.2. The molecule has 0 spiro atoms. The van der Waals surface area contributed by atoms with Crippen LogP contribution in [-0.2, 0) is 16.1 Å².